The van der Waals surface area contributed by atoms with Crippen LogP contribution in [-0.2, 0) is 6.54 Å². The predicted octanol–water partition coefficient (Wildman–Crippen LogP) is 2.79. The molecule has 0 aromatic carbocycles. The number of piperidine rings is 1. The average Bonchev–Trinajstić information content (AvgIpc) is 3.10. The zero-order valence-electron chi connectivity index (χ0n) is 12.0. The topological polar surface area (TPSA) is 58.4 Å². The molecule has 0 amide bonds. The van der Waals surface area contributed by atoms with Crippen molar-refractivity contribution in [3.05, 3.63) is 39.8 Å². The van der Waals surface area contributed by atoms with E-state index >= 15 is 0 Å². The number of thiophene rings is 1. The second-order valence-electron chi connectivity index (χ2n) is 5.50. The number of aromatic nitrogens is 2. The van der Waals surface area contributed by atoms with Crippen molar-refractivity contribution in [2.24, 2.45) is 0 Å². The van der Waals surface area contributed by atoms with Gasteiger partial charge < -0.3 is 5.11 Å². The van der Waals surface area contributed by atoms with Crippen LogP contribution in [0.2, 0.25) is 0 Å². The molecule has 0 spiro atoms. The Kier molecular flexibility index (Phi) is 4.07. The maximum Gasteiger partial charge on any atom is 0.356 e. The Labute approximate surface area is 127 Å². The van der Waals surface area contributed by atoms with Crippen LogP contribution in [0.15, 0.2) is 23.7 Å². The van der Waals surface area contributed by atoms with Crippen LogP contribution in [-0.4, -0.2) is 38.8 Å². The smallest absolute Gasteiger partial charge is 0.356 e. The third-order valence-corrected chi connectivity index (χ3v) is 5.01. The third kappa shape index (κ3) is 3.16. The SMILES string of the molecule is Cc1sccc1CN1CCC(n2ccc(C(=O)O)n2)CC1. The molecule has 1 aliphatic rings. The number of aryl methyl sites for hydroxylation is 1. The van der Waals surface area contributed by atoms with Gasteiger partial charge in [-0.3, -0.25) is 9.58 Å². The van der Waals surface area contributed by atoms with Crippen LogP contribution in [0, 0.1) is 6.92 Å². The number of carboxylic acids is 1. The molecule has 1 fully saturated rings. The zero-order valence-corrected chi connectivity index (χ0v) is 12.8. The molecule has 2 aromatic heterocycles. The zero-order chi connectivity index (χ0) is 14.8. The maximum absolute atomic E-state index is 10.9. The molecule has 112 valence electrons. The summed E-state index contributed by atoms with van der Waals surface area (Å²) >= 11 is 1.80. The summed E-state index contributed by atoms with van der Waals surface area (Å²) in [6.07, 6.45) is 3.82. The van der Waals surface area contributed by atoms with Gasteiger partial charge in [-0.1, -0.05) is 0 Å². The molecular formula is C15H19N3O2S. The summed E-state index contributed by atoms with van der Waals surface area (Å²) in [5.74, 6) is -0.959. The molecule has 1 aliphatic heterocycles. The first kappa shape index (κ1) is 14.3. The van der Waals surface area contributed by atoms with Gasteiger partial charge in [-0.15, -0.1) is 11.3 Å². The molecule has 0 radical (unpaired) electrons. The van der Waals surface area contributed by atoms with E-state index in [1.807, 2.05) is 4.68 Å². The van der Waals surface area contributed by atoms with Crippen LogP contribution < -0.4 is 0 Å². The van der Waals surface area contributed by atoms with Gasteiger partial charge in [-0.25, -0.2) is 4.79 Å². The van der Waals surface area contributed by atoms with Crippen molar-refractivity contribution in [2.75, 3.05) is 13.1 Å². The second kappa shape index (κ2) is 5.99. The van der Waals surface area contributed by atoms with Gasteiger partial charge in [0.15, 0.2) is 5.69 Å². The van der Waals surface area contributed by atoms with Gasteiger partial charge in [0.1, 0.15) is 0 Å². The molecule has 3 rings (SSSR count). The van der Waals surface area contributed by atoms with Crippen molar-refractivity contribution in [1.82, 2.24) is 14.7 Å². The Morgan fingerprint density at radius 1 is 1.43 bits per heavy atom. The van der Waals surface area contributed by atoms with Crippen LogP contribution in [0.25, 0.3) is 0 Å². The molecule has 0 bridgehead atoms. The molecule has 1 saturated heterocycles. The molecule has 5 nitrogen and oxygen atoms in total. The number of nitrogens with zero attached hydrogens (tertiary/aromatic N) is 3. The fourth-order valence-electron chi connectivity index (χ4n) is 2.81. The lowest BCUT2D eigenvalue weighted by molar-refractivity contribution is 0.0688. The minimum atomic E-state index is -0.959. The van der Waals surface area contributed by atoms with E-state index in [0.717, 1.165) is 32.5 Å². The van der Waals surface area contributed by atoms with E-state index in [2.05, 4.69) is 28.4 Å². The minimum Gasteiger partial charge on any atom is -0.476 e. The van der Waals surface area contributed by atoms with Crippen molar-refractivity contribution < 1.29 is 9.90 Å². The van der Waals surface area contributed by atoms with Gasteiger partial charge in [-0.05, 0) is 42.8 Å². The molecule has 0 atom stereocenters. The van der Waals surface area contributed by atoms with E-state index in [1.54, 1.807) is 23.6 Å². The maximum atomic E-state index is 10.9. The summed E-state index contributed by atoms with van der Waals surface area (Å²) in [4.78, 5) is 14.7. The summed E-state index contributed by atoms with van der Waals surface area (Å²) in [6.45, 7) is 5.25. The molecule has 6 heteroatoms. The van der Waals surface area contributed by atoms with Crippen LogP contribution in [0.1, 0.15) is 39.8 Å². The summed E-state index contributed by atoms with van der Waals surface area (Å²) in [7, 11) is 0. The lowest BCUT2D eigenvalue weighted by Crippen LogP contribution is -2.34. The molecule has 2 aromatic rings. The first-order chi connectivity index (χ1) is 10.1. The number of carbonyl (C=O) groups is 1. The molecular weight excluding hydrogens is 286 g/mol. The Balaban J connectivity index is 1.57. The van der Waals surface area contributed by atoms with E-state index in [9.17, 15) is 4.79 Å². The van der Waals surface area contributed by atoms with E-state index in [-0.39, 0.29) is 5.69 Å². The van der Waals surface area contributed by atoms with Crippen LogP contribution in [0.5, 0.6) is 0 Å². The Hall–Kier alpha value is -1.66. The van der Waals surface area contributed by atoms with Gasteiger partial charge in [0.05, 0.1) is 6.04 Å². The summed E-state index contributed by atoms with van der Waals surface area (Å²) in [5, 5.41) is 15.2. The van der Waals surface area contributed by atoms with Gasteiger partial charge >= 0.3 is 5.97 Å². The highest BCUT2D eigenvalue weighted by Crippen LogP contribution is 2.25. The van der Waals surface area contributed by atoms with Gasteiger partial charge in [0.25, 0.3) is 0 Å². The minimum absolute atomic E-state index is 0.131. The quantitative estimate of drug-likeness (QED) is 0.943. The summed E-state index contributed by atoms with van der Waals surface area (Å²) in [6, 6.07) is 4.10. The van der Waals surface area contributed by atoms with Crippen LogP contribution in [0.4, 0.5) is 0 Å². The first-order valence-electron chi connectivity index (χ1n) is 7.17. The van der Waals surface area contributed by atoms with Gasteiger partial charge in [0.2, 0.25) is 0 Å². The number of aromatic carboxylic acids is 1. The second-order valence-corrected chi connectivity index (χ2v) is 6.62. The highest BCUT2D eigenvalue weighted by molar-refractivity contribution is 7.10. The molecule has 0 aliphatic carbocycles. The van der Waals surface area contributed by atoms with E-state index in [1.165, 1.54) is 10.4 Å². The largest absolute Gasteiger partial charge is 0.476 e. The lowest BCUT2D eigenvalue weighted by Gasteiger charge is -2.32. The van der Waals surface area contributed by atoms with Crippen LogP contribution >= 0.6 is 11.3 Å². The van der Waals surface area contributed by atoms with E-state index < -0.39 is 5.97 Å². The van der Waals surface area contributed by atoms with Crippen molar-refractivity contribution in [2.45, 2.75) is 32.4 Å². The lowest BCUT2D eigenvalue weighted by atomic mass is 10.0. The third-order valence-electron chi connectivity index (χ3n) is 4.12. The van der Waals surface area contributed by atoms with Crippen molar-refractivity contribution in [1.29, 1.82) is 0 Å². The monoisotopic (exact) mass is 305 g/mol. The number of hydrogen-bond acceptors (Lipinski definition) is 4. The molecule has 21 heavy (non-hydrogen) atoms. The predicted molar refractivity (Wildman–Crippen MR) is 81.8 cm³/mol. The van der Waals surface area contributed by atoms with Gasteiger partial charge in [0, 0.05) is 30.7 Å². The molecule has 0 saturated carbocycles. The number of rotatable bonds is 4. The Morgan fingerprint density at radius 3 is 2.76 bits per heavy atom. The van der Waals surface area contributed by atoms with Crippen molar-refractivity contribution >= 4 is 17.3 Å². The number of hydrogen-bond donors (Lipinski definition) is 1. The fourth-order valence-corrected chi connectivity index (χ4v) is 3.53. The average molecular weight is 305 g/mol. The fraction of sp³-hybridized carbons (Fsp3) is 0.467. The van der Waals surface area contributed by atoms with Crippen molar-refractivity contribution in [3.63, 3.8) is 0 Å². The Bertz CT molecular complexity index is 626. The van der Waals surface area contributed by atoms with Crippen molar-refractivity contribution in [3.8, 4) is 0 Å². The highest BCUT2D eigenvalue weighted by Gasteiger charge is 2.22. The van der Waals surface area contributed by atoms with Gasteiger partial charge in [-0.2, -0.15) is 5.10 Å². The number of carboxylic acid groups (broad SMARTS) is 1. The molecule has 0 unspecified atom stereocenters. The van der Waals surface area contributed by atoms with E-state index in [4.69, 9.17) is 5.11 Å². The van der Waals surface area contributed by atoms with Crippen LogP contribution in [0.3, 0.4) is 0 Å². The summed E-state index contributed by atoms with van der Waals surface area (Å²) in [5.41, 5.74) is 1.55. The standard InChI is InChI=1S/C15H19N3O2S/c1-11-12(5-9-21-11)10-17-6-2-13(3-7-17)18-8-4-14(16-18)15(19)20/h4-5,8-9,13H,2-3,6-7,10H2,1H3,(H,19,20). The summed E-state index contributed by atoms with van der Waals surface area (Å²) < 4.78 is 1.82. The Morgan fingerprint density at radius 2 is 2.19 bits per heavy atom. The number of likely N-dealkylation sites (tertiary alicyclic amines) is 1. The molecule has 1 N–H and O–H groups in total. The first-order valence-corrected chi connectivity index (χ1v) is 8.05. The molecule has 3 heterocycles. The highest BCUT2D eigenvalue weighted by atomic mass is 32.1. The normalized spacial score (nSPS) is 17.2. The van der Waals surface area contributed by atoms with E-state index in [0.29, 0.717) is 6.04 Å².